The number of aromatic nitrogens is 1. The van der Waals surface area contributed by atoms with Crippen molar-refractivity contribution in [3.05, 3.63) is 66.2 Å². The van der Waals surface area contributed by atoms with Gasteiger partial charge in [-0.15, -0.1) is 0 Å². The monoisotopic (exact) mass is 439 g/mol. The first-order chi connectivity index (χ1) is 11.4. The Balaban J connectivity index is 1.89. The normalized spacial score (nSPS) is 10.8. The van der Waals surface area contributed by atoms with Crippen LogP contribution in [0.1, 0.15) is 10.4 Å². The highest BCUT2D eigenvalue weighted by molar-refractivity contribution is 14.1. The van der Waals surface area contributed by atoms with E-state index in [1.54, 1.807) is 25.2 Å². The van der Waals surface area contributed by atoms with Crippen LogP contribution in [-0.2, 0) is 7.05 Å². The van der Waals surface area contributed by atoms with Crippen LogP contribution in [0.3, 0.4) is 0 Å². The number of carbonyl (C=O) groups excluding carboxylic acids is 1. The van der Waals surface area contributed by atoms with E-state index in [0.717, 1.165) is 0 Å². The summed E-state index contributed by atoms with van der Waals surface area (Å²) in [4.78, 5) is 34.0. The first-order valence-corrected chi connectivity index (χ1v) is 7.79. The minimum Gasteiger partial charge on any atom is -0.408 e. The van der Waals surface area contributed by atoms with E-state index in [9.17, 15) is 19.7 Å². The van der Waals surface area contributed by atoms with Crippen molar-refractivity contribution in [3.8, 4) is 0 Å². The molecule has 0 bridgehead atoms. The van der Waals surface area contributed by atoms with Crippen LogP contribution < -0.4 is 11.1 Å². The largest absolute Gasteiger partial charge is 0.419 e. The molecule has 1 amide bonds. The number of nitro benzene ring substituents is 1. The van der Waals surface area contributed by atoms with Gasteiger partial charge in [-0.1, -0.05) is 0 Å². The molecule has 24 heavy (non-hydrogen) atoms. The average Bonchev–Trinajstić information content (AvgIpc) is 2.81. The van der Waals surface area contributed by atoms with E-state index in [1.807, 2.05) is 22.6 Å². The minimum atomic E-state index is -0.519. The number of fused-ring (bicyclic) bond motifs is 1. The van der Waals surface area contributed by atoms with Crippen molar-refractivity contribution in [1.29, 1.82) is 0 Å². The zero-order valence-corrected chi connectivity index (χ0v) is 14.4. The molecule has 0 fully saturated rings. The van der Waals surface area contributed by atoms with Crippen LogP contribution in [-0.4, -0.2) is 15.4 Å². The second-order valence-electron chi connectivity index (χ2n) is 4.98. The third kappa shape index (κ3) is 2.89. The zero-order chi connectivity index (χ0) is 17.4. The Labute approximate surface area is 148 Å². The summed E-state index contributed by atoms with van der Waals surface area (Å²) < 4.78 is 6.90. The first-order valence-electron chi connectivity index (χ1n) is 6.71. The second kappa shape index (κ2) is 6.07. The molecule has 3 aromatic rings. The molecular formula is C15H10IN3O5. The van der Waals surface area contributed by atoms with Gasteiger partial charge in [-0.2, -0.15) is 0 Å². The number of oxazole rings is 1. The summed E-state index contributed by atoms with van der Waals surface area (Å²) >= 11 is 1.87. The molecule has 8 nitrogen and oxygen atoms in total. The van der Waals surface area contributed by atoms with Crippen molar-refractivity contribution in [2.75, 3.05) is 5.32 Å². The van der Waals surface area contributed by atoms with Crippen LogP contribution in [0.15, 0.2) is 45.6 Å². The summed E-state index contributed by atoms with van der Waals surface area (Å²) in [7, 11) is 1.59. The first kappa shape index (κ1) is 16.2. The maximum absolute atomic E-state index is 12.3. The van der Waals surface area contributed by atoms with Gasteiger partial charge in [0.1, 0.15) is 0 Å². The van der Waals surface area contributed by atoms with Crippen molar-refractivity contribution in [2.24, 2.45) is 7.05 Å². The Morgan fingerprint density at radius 3 is 2.71 bits per heavy atom. The van der Waals surface area contributed by atoms with Gasteiger partial charge in [-0.05, 0) is 40.8 Å². The van der Waals surface area contributed by atoms with Crippen molar-refractivity contribution >= 4 is 51.0 Å². The van der Waals surface area contributed by atoms with E-state index in [0.29, 0.717) is 25.9 Å². The second-order valence-corrected chi connectivity index (χ2v) is 6.15. The molecule has 0 saturated carbocycles. The van der Waals surface area contributed by atoms with E-state index in [1.165, 1.54) is 22.8 Å². The van der Waals surface area contributed by atoms with Gasteiger partial charge in [-0.3, -0.25) is 19.5 Å². The van der Waals surface area contributed by atoms with E-state index < -0.39 is 16.6 Å². The minimum absolute atomic E-state index is 0.0802. The number of amides is 1. The topological polar surface area (TPSA) is 107 Å². The number of carbonyl (C=O) groups is 1. The summed E-state index contributed by atoms with van der Waals surface area (Å²) in [6.45, 7) is 0. The van der Waals surface area contributed by atoms with E-state index in [-0.39, 0.29) is 5.69 Å². The Bertz CT molecular complexity index is 1040. The Morgan fingerprint density at radius 1 is 1.29 bits per heavy atom. The lowest BCUT2D eigenvalue weighted by Gasteiger charge is -2.07. The number of hydrogen-bond acceptors (Lipinski definition) is 5. The Hall–Kier alpha value is -2.69. The number of nitrogens with zero attached hydrogens (tertiary/aromatic N) is 2. The van der Waals surface area contributed by atoms with Crippen molar-refractivity contribution in [2.45, 2.75) is 0 Å². The van der Waals surface area contributed by atoms with Crippen LogP contribution >= 0.6 is 22.6 Å². The standard InChI is InChI=1S/C15H10IN3O5/c1-18-12-5-2-8(6-13(12)24-15(18)21)17-14(20)10-4-3-9(19(22)23)7-11(10)16/h2-7H,1H3,(H,17,20). The predicted octanol–water partition coefficient (Wildman–Crippen LogP) is 2.90. The van der Waals surface area contributed by atoms with Gasteiger partial charge in [0.2, 0.25) is 0 Å². The lowest BCUT2D eigenvalue weighted by atomic mass is 10.2. The number of halogens is 1. The van der Waals surface area contributed by atoms with Gasteiger partial charge >= 0.3 is 5.76 Å². The Kier molecular flexibility index (Phi) is 4.09. The van der Waals surface area contributed by atoms with Gasteiger partial charge in [0.15, 0.2) is 5.58 Å². The predicted molar refractivity (Wildman–Crippen MR) is 95.2 cm³/mol. The van der Waals surface area contributed by atoms with E-state index in [4.69, 9.17) is 4.42 Å². The van der Waals surface area contributed by atoms with Crippen molar-refractivity contribution < 1.29 is 14.1 Å². The summed E-state index contributed by atoms with van der Waals surface area (Å²) in [6.07, 6.45) is 0. The molecule has 0 radical (unpaired) electrons. The highest BCUT2D eigenvalue weighted by atomic mass is 127. The molecular weight excluding hydrogens is 429 g/mol. The van der Waals surface area contributed by atoms with Crippen LogP contribution in [0.25, 0.3) is 11.1 Å². The zero-order valence-electron chi connectivity index (χ0n) is 12.3. The van der Waals surface area contributed by atoms with Gasteiger partial charge in [-0.25, -0.2) is 4.79 Å². The Morgan fingerprint density at radius 2 is 2.04 bits per heavy atom. The molecule has 3 rings (SSSR count). The molecule has 1 N–H and O–H groups in total. The maximum Gasteiger partial charge on any atom is 0.419 e. The third-order valence-electron chi connectivity index (χ3n) is 3.46. The van der Waals surface area contributed by atoms with E-state index in [2.05, 4.69) is 5.32 Å². The summed E-state index contributed by atoms with van der Waals surface area (Å²) in [5.74, 6) is -0.898. The number of benzene rings is 2. The smallest absolute Gasteiger partial charge is 0.408 e. The fourth-order valence-electron chi connectivity index (χ4n) is 2.21. The molecule has 1 aromatic heterocycles. The summed E-state index contributed by atoms with van der Waals surface area (Å²) in [6, 6.07) is 8.86. The SMILES string of the molecule is Cn1c(=O)oc2cc(NC(=O)c3ccc([N+](=O)[O-])cc3I)ccc21. The van der Waals surface area contributed by atoms with E-state index >= 15 is 0 Å². The molecule has 122 valence electrons. The molecule has 2 aromatic carbocycles. The number of anilines is 1. The van der Waals surface area contributed by atoms with Crippen LogP contribution in [0.4, 0.5) is 11.4 Å². The quantitative estimate of drug-likeness (QED) is 0.384. The number of non-ortho nitro benzene ring substituents is 1. The molecule has 9 heteroatoms. The maximum atomic E-state index is 12.3. The average molecular weight is 439 g/mol. The number of nitrogens with one attached hydrogen (secondary N) is 1. The number of aryl methyl sites for hydroxylation is 1. The molecule has 0 aliphatic carbocycles. The number of rotatable bonds is 3. The van der Waals surface area contributed by atoms with Gasteiger partial charge in [0.05, 0.1) is 16.0 Å². The molecule has 0 aliphatic rings. The highest BCUT2D eigenvalue weighted by Crippen LogP contribution is 2.22. The molecule has 0 saturated heterocycles. The third-order valence-corrected chi connectivity index (χ3v) is 4.35. The van der Waals surface area contributed by atoms with Crippen molar-refractivity contribution in [1.82, 2.24) is 4.57 Å². The number of nitro groups is 1. The highest BCUT2D eigenvalue weighted by Gasteiger charge is 2.15. The summed E-state index contributed by atoms with van der Waals surface area (Å²) in [5, 5.41) is 13.4. The molecule has 0 spiro atoms. The van der Waals surface area contributed by atoms with Crippen molar-refractivity contribution in [3.63, 3.8) is 0 Å². The molecule has 0 atom stereocenters. The lowest BCUT2D eigenvalue weighted by Crippen LogP contribution is -2.13. The number of hydrogen-bond donors (Lipinski definition) is 1. The van der Waals surface area contributed by atoms with Gasteiger partial charge in [0, 0.05) is 34.5 Å². The van der Waals surface area contributed by atoms with Crippen LogP contribution in [0.2, 0.25) is 0 Å². The molecule has 0 unspecified atom stereocenters. The fraction of sp³-hybridized carbons (Fsp3) is 0.0667. The summed E-state index contributed by atoms with van der Waals surface area (Å²) in [5.41, 5.74) is 1.66. The lowest BCUT2D eigenvalue weighted by molar-refractivity contribution is -0.384. The van der Waals surface area contributed by atoms with Gasteiger partial charge in [0.25, 0.3) is 11.6 Å². The van der Waals surface area contributed by atoms with Crippen LogP contribution in [0.5, 0.6) is 0 Å². The molecule has 1 heterocycles. The fourth-order valence-corrected chi connectivity index (χ4v) is 2.96. The van der Waals surface area contributed by atoms with Crippen LogP contribution in [0, 0.1) is 13.7 Å². The van der Waals surface area contributed by atoms with Gasteiger partial charge < -0.3 is 9.73 Å². The molecule has 0 aliphatic heterocycles.